The van der Waals surface area contributed by atoms with Crippen LogP contribution in [-0.2, 0) is 13.1 Å². The molecule has 3 rings (SSSR count). The molecule has 7 heteroatoms. The lowest BCUT2D eigenvalue weighted by Gasteiger charge is -2.23. The number of rotatable bonds is 7. The van der Waals surface area contributed by atoms with Crippen LogP contribution in [0.4, 0.5) is 8.78 Å². The van der Waals surface area contributed by atoms with Crippen LogP contribution in [0.3, 0.4) is 0 Å². The Labute approximate surface area is 157 Å². The maximum Gasteiger partial charge on any atom is 0.260 e. The second kappa shape index (κ2) is 8.00. The van der Waals surface area contributed by atoms with Crippen LogP contribution in [0.1, 0.15) is 34.8 Å². The first-order valence-corrected chi connectivity index (χ1v) is 8.91. The molecular formula is C20H23F2N3O2. The molecule has 1 aromatic carbocycles. The Morgan fingerprint density at radius 1 is 1.30 bits per heavy atom. The summed E-state index contributed by atoms with van der Waals surface area (Å²) in [5, 5.41) is 0. The van der Waals surface area contributed by atoms with Crippen molar-refractivity contribution >= 4 is 5.91 Å². The SMILES string of the molecule is CC[C@@H](COc1nccc2c1C(=O)N(Cc1ccc(F)cc1F)C2)N(C)C. The highest BCUT2D eigenvalue weighted by Gasteiger charge is 2.32. The Kier molecular flexibility index (Phi) is 5.70. The molecule has 0 bridgehead atoms. The van der Waals surface area contributed by atoms with Crippen molar-refractivity contribution in [1.29, 1.82) is 0 Å². The summed E-state index contributed by atoms with van der Waals surface area (Å²) in [6, 6.07) is 5.35. The maximum atomic E-state index is 13.9. The summed E-state index contributed by atoms with van der Waals surface area (Å²) in [7, 11) is 3.95. The largest absolute Gasteiger partial charge is 0.475 e. The molecule has 0 N–H and O–H groups in total. The summed E-state index contributed by atoms with van der Waals surface area (Å²) in [6.45, 7) is 2.90. The van der Waals surface area contributed by atoms with Gasteiger partial charge in [-0.1, -0.05) is 13.0 Å². The number of ether oxygens (including phenoxy) is 1. The van der Waals surface area contributed by atoms with E-state index in [-0.39, 0.29) is 24.1 Å². The fraction of sp³-hybridized carbons (Fsp3) is 0.400. The highest BCUT2D eigenvalue weighted by Crippen LogP contribution is 2.30. The molecule has 0 spiro atoms. The Bertz CT molecular complexity index is 842. The topological polar surface area (TPSA) is 45.7 Å². The number of pyridine rings is 1. The number of nitrogens with zero attached hydrogens (tertiary/aromatic N) is 3. The first-order valence-electron chi connectivity index (χ1n) is 8.91. The predicted molar refractivity (Wildman–Crippen MR) is 97.4 cm³/mol. The van der Waals surface area contributed by atoms with Crippen molar-refractivity contribution in [2.45, 2.75) is 32.5 Å². The van der Waals surface area contributed by atoms with E-state index in [9.17, 15) is 13.6 Å². The highest BCUT2D eigenvalue weighted by molar-refractivity contribution is 6.00. The van der Waals surface area contributed by atoms with Crippen LogP contribution in [0, 0.1) is 11.6 Å². The zero-order chi connectivity index (χ0) is 19.6. The molecule has 0 aliphatic carbocycles. The van der Waals surface area contributed by atoms with Gasteiger partial charge in [0.05, 0.1) is 0 Å². The number of carbonyl (C=O) groups is 1. The van der Waals surface area contributed by atoms with Crippen molar-refractivity contribution in [1.82, 2.24) is 14.8 Å². The summed E-state index contributed by atoms with van der Waals surface area (Å²) >= 11 is 0. The van der Waals surface area contributed by atoms with E-state index in [4.69, 9.17) is 4.74 Å². The summed E-state index contributed by atoms with van der Waals surface area (Å²) in [5.74, 6) is -1.25. The van der Waals surface area contributed by atoms with Gasteiger partial charge in [-0.15, -0.1) is 0 Å². The van der Waals surface area contributed by atoms with Gasteiger partial charge >= 0.3 is 0 Å². The molecule has 2 aromatic rings. The van der Waals surface area contributed by atoms with E-state index in [1.165, 1.54) is 17.0 Å². The average molecular weight is 375 g/mol. The third kappa shape index (κ3) is 4.08. The normalized spacial score (nSPS) is 14.6. The monoisotopic (exact) mass is 375 g/mol. The Balaban J connectivity index is 1.77. The fourth-order valence-electron chi connectivity index (χ4n) is 3.18. The quantitative estimate of drug-likeness (QED) is 0.745. The minimum Gasteiger partial charge on any atom is -0.475 e. The maximum absolute atomic E-state index is 13.9. The van der Waals surface area contributed by atoms with E-state index < -0.39 is 11.6 Å². The van der Waals surface area contributed by atoms with Gasteiger partial charge in [0.15, 0.2) is 0 Å². The van der Waals surface area contributed by atoms with Gasteiger partial charge < -0.3 is 14.5 Å². The van der Waals surface area contributed by atoms with Crippen LogP contribution in [-0.4, -0.2) is 47.4 Å². The van der Waals surface area contributed by atoms with Crippen molar-refractivity contribution in [3.8, 4) is 5.88 Å². The van der Waals surface area contributed by atoms with Crippen molar-refractivity contribution in [2.75, 3.05) is 20.7 Å². The van der Waals surface area contributed by atoms with Gasteiger partial charge in [-0.05, 0) is 38.2 Å². The van der Waals surface area contributed by atoms with Gasteiger partial charge in [0, 0.05) is 37.0 Å². The molecule has 0 saturated heterocycles. The highest BCUT2D eigenvalue weighted by atomic mass is 19.1. The van der Waals surface area contributed by atoms with Crippen molar-refractivity contribution in [2.24, 2.45) is 0 Å². The molecule has 144 valence electrons. The van der Waals surface area contributed by atoms with Crippen LogP contribution in [0.15, 0.2) is 30.5 Å². The van der Waals surface area contributed by atoms with E-state index >= 15 is 0 Å². The summed E-state index contributed by atoms with van der Waals surface area (Å²) < 4.78 is 32.9. The zero-order valence-corrected chi connectivity index (χ0v) is 15.7. The lowest BCUT2D eigenvalue weighted by molar-refractivity contribution is 0.0759. The molecule has 2 heterocycles. The predicted octanol–water partition coefficient (Wildman–Crippen LogP) is 3.23. The van der Waals surface area contributed by atoms with Crippen LogP contribution >= 0.6 is 0 Å². The van der Waals surface area contributed by atoms with E-state index in [0.29, 0.717) is 24.6 Å². The number of hydrogen-bond donors (Lipinski definition) is 0. The van der Waals surface area contributed by atoms with Crippen LogP contribution < -0.4 is 4.74 Å². The summed E-state index contributed by atoms with van der Waals surface area (Å²) in [6.07, 6.45) is 2.52. The smallest absolute Gasteiger partial charge is 0.260 e. The first-order chi connectivity index (χ1) is 12.9. The van der Waals surface area contributed by atoms with Crippen LogP contribution in [0.2, 0.25) is 0 Å². The molecule has 1 amide bonds. The average Bonchev–Trinajstić information content (AvgIpc) is 2.94. The van der Waals surface area contributed by atoms with E-state index in [2.05, 4.69) is 16.8 Å². The molecule has 5 nitrogen and oxygen atoms in total. The lowest BCUT2D eigenvalue weighted by atomic mass is 10.2. The number of halogens is 2. The molecule has 0 fully saturated rings. The number of carbonyl (C=O) groups excluding carboxylic acids is 1. The number of fused-ring (bicyclic) bond motifs is 1. The number of hydrogen-bond acceptors (Lipinski definition) is 4. The number of aromatic nitrogens is 1. The van der Waals surface area contributed by atoms with Crippen molar-refractivity contribution < 1.29 is 18.3 Å². The Morgan fingerprint density at radius 2 is 2.07 bits per heavy atom. The minimum atomic E-state index is -0.662. The molecule has 0 saturated carbocycles. The second-order valence-corrected chi connectivity index (χ2v) is 6.88. The van der Waals surface area contributed by atoms with Crippen molar-refractivity contribution in [3.63, 3.8) is 0 Å². The van der Waals surface area contributed by atoms with Gasteiger partial charge in [-0.25, -0.2) is 13.8 Å². The van der Waals surface area contributed by atoms with E-state index in [0.717, 1.165) is 18.1 Å². The Hall–Kier alpha value is -2.54. The first kappa shape index (κ1) is 19.2. The third-order valence-corrected chi connectivity index (χ3v) is 4.86. The fourth-order valence-corrected chi connectivity index (χ4v) is 3.18. The molecule has 1 aliphatic rings. The van der Waals surface area contributed by atoms with Gasteiger partial charge in [-0.2, -0.15) is 0 Å². The standard InChI is InChI=1S/C20H23F2N3O2/c1-4-16(24(2)3)12-27-19-18-14(7-8-23-19)11-25(20(18)26)10-13-5-6-15(21)9-17(13)22/h5-9,16H,4,10-12H2,1-3H3/t16-/m0/s1. The van der Waals surface area contributed by atoms with E-state index in [1.54, 1.807) is 12.3 Å². The van der Waals surface area contributed by atoms with Crippen LogP contribution in [0.5, 0.6) is 5.88 Å². The Morgan fingerprint density at radius 3 is 2.74 bits per heavy atom. The van der Waals surface area contributed by atoms with Gasteiger partial charge in [-0.3, -0.25) is 4.79 Å². The number of amides is 1. The van der Waals surface area contributed by atoms with Crippen molar-refractivity contribution in [3.05, 3.63) is 58.8 Å². The third-order valence-electron chi connectivity index (χ3n) is 4.86. The minimum absolute atomic E-state index is 0.0638. The molecule has 1 aromatic heterocycles. The molecule has 0 unspecified atom stereocenters. The van der Waals surface area contributed by atoms with Crippen LogP contribution in [0.25, 0.3) is 0 Å². The number of benzene rings is 1. The van der Waals surface area contributed by atoms with Gasteiger partial charge in [0.2, 0.25) is 5.88 Å². The second-order valence-electron chi connectivity index (χ2n) is 6.88. The van der Waals surface area contributed by atoms with Gasteiger partial charge in [0.1, 0.15) is 23.8 Å². The molecule has 1 atom stereocenters. The summed E-state index contributed by atoms with van der Waals surface area (Å²) in [5.41, 5.74) is 1.49. The number of likely N-dealkylation sites (N-methyl/N-ethyl adjacent to an activating group) is 1. The zero-order valence-electron chi connectivity index (χ0n) is 15.7. The molecule has 1 aliphatic heterocycles. The van der Waals surface area contributed by atoms with E-state index in [1.807, 2.05) is 14.1 Å². The molecular weight excluding hydrogens is 352 g/mol. The van der Waals surface area contributed by atoms with Gasteiger partial charge in [0.25, 0.3) is 5.91 Å². The molecule has 0 radical (unpaired) electrons. The lowest BCUT2D eigenvalue weighted by Crippen LogP contribution is -2.33. The summed E-state index contributed by atoms with van der Waals surface area (Å²) in [4.78, 5) is 20.6. The molecule has 27 heavy (non-hydrogen) atoms.